The Hall–Kier alpha value is -1.26. The lowest BCUT2D eigenvalue weighted by Gasteiger charge is -2.22. The van der Waals surface area contributed by atoms with Crippen LogP contribution in [-0.2, 0) is 0 Å². The van der Waals surface area contributed by atoms with Crippen molar-refractivity contribution in [3.05, 3.63) is 23.8 Å². The highest BCUT2D eigenvalue weighted by atomic mass is 16.5. The normalized spacial score (nSPS) is 12.6. The zero-order chi connectivity index (χ0) is 13.5. The summed E-state index contributed by atoms with van der Waals surface area (Å²) in [4.78, 5) is 2.18. The van der Waals surface area contributed by atoms with Gasteiger partial charge in [-0.15, -0.1) is 0 Å². The highest BCUT2D eigenvalue weighted by Crippen LogP contribution is 2.30. The lowest BCUT2D eigenvalue weighted by molar-refractivity contribution is 0.119. The summed E-state index contributed by atoms with van der Waals surface area (Å²) < 4.78 is 10.4. The molecular weight excluding hydrogens is 230 g/mol. The zero-order valence-corrected chi connectivity index (χ0v) is 11.6. The van der Waals surface area contributed by atoms with E-state index in [1.54, 1.807) is 14.2 Å². The molecule has 0 amide bonds. The van der Waals surface area contributed by atoms with Crippen LogP contribution < -0.4 is 9.47 Å². The molecule has 1 aromatic carbocycles. The number of likely N-dealkylation sites (N-methyl/N-ethyl adjacent to an activating group) is 1. The van der Waals surface area contributed by atoms with Gasteiger partial charge in [0.05, 0.1) is 20.3 Å². The quantitative estimate of drug-likeness (QED) is 0.808. The van der Waals surface area contributed by atoms with Gasteiger partial charge in [0.2, 0.25) is 0 Å². The first kappa shape index (κ1) is 14.8. The van der Waals surface area contributed by atoms with Gasteiger partial charge in [0.1, 0.15) is 0 Å². The van der Waals surface area contributed by atoms with Gasteiger partial charge in [-0.05, 0) is 30.8 Å². The summed E-state index contributed by atoms with van der Waals surface area (Å²) in [5, 5.41) is 10.2. The van der Waals surface area contributed by atoms with Crippen LogP contribution in [0.5, 0.6) is 11.5 Å². The second-order valence-electron chi connectivity index (χ2n) is 4.12. The monoisotopic (exact) mass is 253 g/mol. The largest absolute Gasteiger partial charge is 0.493 e. The third-order valence-corrected chi connectivity index (χ3v) is 3.12. The van der Waals surface area contributed by atoms with Gasteiger partial charge in [0.15, 0.2) is 11.5 Å². The van der Waals surface area contributed by atoms with Crippen molar-refractivity contribution in [1.82, 2.24) is 4.90 Å². The number of benzene rings is 1. The molecule has 0 aliphatic carbocycles. The highest BCUT2D eigenvalue weighted by molar-refractivity contribution is 5.43. The van der Waals surface area contributed by atoms with Gasteiger partial charge >= 0.3 is 0 Å². The molecule has 0 bridgehead atoms. The fourth-order valence-electron chi connectivity index (χ4n) is 1.89. The van der Waals surface area contributed by atoms with Gasteiger partial charge in [-0.2, -0.15) is 0 Å². The van der Waals surface area contributed by atoms with Crippen molar-refractivity contribution >= 4 is 0 Å². The molecule has 0 fully saturated rings. The molecule has 0 aromatic heterocycles. The number of aliphatic hydroxyl groups excluding tert-OH is 1. The standard InChI is InChI=1S/C14H23NO3/c1-5-15(6-2)10-12(16)11-7-8-13(17-3)14(9-11)18-4/h7-9,12,16H,5-6,10H2,1-4H3/t12-/m0/s1. The Labute approximate surface area is 109 Å². The van der Waals surface area contributed by atoms with Gasteiger partial charge < -0.3 is 19.5 Å². The Balaban J connectivity index is 2.82. The second-order valence-corrected chi connectivity index (χ2v) is 4.12. The summed E-state index contributed by atoms with van der Waals surface area (Å²) in [6, 6.07) is 5.52. The van der Waals surface area contributed by atoms with Gasteiger partial charge in [0, 0.05) is 6.54 Å². The topological polar surface area (TPSA) is 41.9 Å². The molecule has 0 saturated carbocycles. The van der Waals surface area contributed by atoms with Crippen LogP contribution in [0.25, 0.3) is 0 Å². The molecule has 1 N–H and O–H groups in total. The Bertz CT molecular complexity index is 364. The van der Waals surface area contributed by atoms with Crippen LogP contribution in [0, 0.1) is 0 Å². The first-order chi connectivity index (χ1) is 8.65. The molecule has 4 nitrogen and oxygen atoms in total. The first-order valence-electron chi connectivity index (χ1n) is 6.28. The maximum Gasteiger partial charge on any atom is 0.161 e. The Kier molecular flexibility index (Phi) is 5.95. The highest BCUT2D eigenvalue weighted by Gasteiger charge is 2.14. The molecule has 18 heavy (non-hydrogen) atoms. The van der Waals surface area contributed by atoms with E-state index in [0.717, 1.165) is 18.7 Å². The molecule has 0 saturated heterocycles. The van der Waals surface area contributed by atoms with Crippen molar-refractivity contribution in [1.29, 1.82) is 0 Å². The summed E-state index contributed by atoms with van der Waals surface area (Å²) >= 11 is 0. The molecule has 0 aliphatic heterocycles. The molecule has 1 atom stereocenters. The molecule has 1 aromatic rings. The summed E-state index contributed by atoms with van der Waals surface area (Å²) in [7, 11) is 3.20. The fraction of sp³-hybridized carbons (Fsp3) is 0.571. The van der Waals surface area contributed by atoms with Crippen LogP contribution >= 0.6 is 0 Å². The Morgan fingerprint density at radius 2 is 1.72 bits per heavy atom. The van der Waals surface area contributed by atoms with E-state index in [1.165, 1.54) is 0 Å². The minimum absolute atomic E-state index is 0.510. The molecule has 4 heteroatoms. The number of rotatable bonds is 7. The molecule has 1 rings (SSSR count). The van der Waals surface area contributed by atoms with Crippen LogP contribution in [0.15, 0.2) is 18.2 Å². The number of hydrogen-bond donors (Lipinski definition) is 1. The van der Waals surface area contributed by atoms with E-state index in [0.29, 0.717) is 18.0 Å². The first-order valence-corrected chi connectivity index (χ1v) is 6.28. The molecule has 0 unspecified atom stereocenters. The van der Waals surface area contributed by atoms with Crippen LogP contribution in [0.2, 0.25) is 0 Å². The van der Waals surface area contributed by atoms with Crippen molar-refractivity contribution in [3.8, 4) is 11.5 Å². The predicted molar refractivity (Wildman–Crippen MR) is 72.3 cm³/mol. The Morgan fingerprint density at radius 3 is 2.22 bits per heavy atom. The van der Waals surface area contributed by atoms with Crippen molar-refractivity contribution in [2.75, 3.05) is 33.9 Å². The summed E-state index contributed by atoms with van der Waals surface area (Å²) in [5.74, 6) is 1.32. The van der Waals surface area contributed by atoms with Gasteiger partial charge in [0.25, 0.3) is 0 Å². The van der Waals surface area contributed by atoms with Crippen LogP contribution in [-0.4, -0.2) is 43.9 Å². The maximum absolute atomic E-state index is 10.2. The number of aliphatic hydroxyl groups is 1. The van der Waals surface area contributed by atoms with Crippen LogP contribution in [0.4, 0.5) is 0 Å². The van der Waals surface area contributed by atoms with Crippen molar-refractivity contribution < 1.29 is 14.6 Å². The minimum atomic E-state index is -0.510. The zero-order valence-electron chi connectivity index (χ0n) is 11.6. The van der Waals surface area contributed by atoms with Gasteiger partial charge in [-0.1, -0.05) is 19.9 Å². The molecule has 102 valence electrons. The van der Waals surface area contributed by atoms with Crippen molar-refractivity contribution in [2.45, 2.75) is 20.0 Å². The molecule has 0 spiro atoms. The maximum atomic E-state index is 10.2. The smallest absolute Gasteiger partial charge is 0.161 e. The summed E-state index contributed by atoms with van der Waals surface area (Å²) in [5.41, 5.74) is 0.847. The van der Waals surface area contributed by atoms with E-state index in [-0.39, 0.29) is 0 Å². The lowest BCUT2D eigenvalue weighted by Crippen LogP contribution is -2.28. The molecule has 0 heterocycles. The molecular formula is C14H23NO3. The van der Waals surface area contributed by atoms with Crippen LogP contribution in [0.3, 0.4) is 0 Å². The third kappa shape index (κ3) is 3.62. The van der Waals surface area contributed by atoms with Crippen LogP contribution in [0.1, 0.15) is 25.5 Å². The van der Waals surface area contributed by atoms with Crippen molar-refractivity contribution in [2.24, 2.45) is 0 Å². The van der Waals surface area contributed by atoms with E-state index in [2.05, 4.69) is 18.7 Å². The van der Waals surface area contributed by atoms with Crippen molar-refractivity contribution in [3.63, 3.8) is 0 Å². The number of methoxy groups -OCH3 is 2. The lowest BCUT2D eigenvalue weighted by atomic mass is 10.1. The number of nitrogens with zero attached hydrogens (tertiary/aromatic N) is 1. The van der Waals surface area contributed by atoms with E-state index < -0.39 is 6.10 Å². The van der Waals surface area contributed by atoms with E-state index in [9.17, 15) is 5.11 Å². The van der Waals surface area contributed by atoms with E-state index >= 15 is 0 Å². The second kappa shape index (κ2) is 7.24. The average Bonchev–Trinajstić information content (AvgIpc) is 2.43. The van der Waals surface area contributed by atoms with Gasteiger partial charge in [-0.3, -0.25) is 0 Å². The fourth-order valence-corrected chi connectivity index (χ4v) is 1.89. The van der Waals surface area contributed by atoms with E-state index in [1.807, 2.05) is 18.2 Å². The summed E-state index contributed by atoms with van der Waals surface area (Å²) in [6.07, 6.45) is -0.510. The number of ether oxygens (including phenoxy) is 2. The SMILES string of the molecule is CCN(CC)C[C@H](O)c1ccc(OC)c(OC)c1. The minimum Gasteiger partial charge on any atom is -0.493 e. The molecule has 0 aliphatic rings. The molecule has 0 radical (unpaired) electrons. The Morgan fingerprint density at radius 1 is 1.11 bits per heavy atom. The van der Waals surface area contributed by atoms with E-state index in [4.69, 9.17) is 9.47 Å². The number of hydrogen-bond acceptors (Lipinski definition) is 4. The predicted octanol–water partition coefficient (Wildman–Crippen LogP) is 2.08. The third-order valence-electron chi connectivity index (χ3n) is 3.12. The average molecular weight is 253 g/mol. The van der Waals surface area contributed by atoms with Gasteiger partial charge in [-0.25, -0.2) is 0 Å². The summed E-state index contributed by atoms with van der Waals surface area (Å²) in [6.45, 7) is 6.67.